The van der Waals surface area contributed by atoms with Gasteiger partial charge in [0.15, 0.2) is 0 Å². The van der Waals surface area contributed by atoms with E-state index in [1.165, 1.54) is 0 Å². The Bertz CT molecular complexity index is 460. The van der Waals surface area contributed by atoms with Gasteiger partial charge in [-0.2, -0.15) is 0 Å². The molecule has 3 heteroatoms. The molecule has 0 spiro atoms. The standard InChI is InChI=1S/C10H8N2S/c11-10(13)9-3-1-2-7-6-12-5-4-8(7)9/h1-6H,(H2,11,13). The van der Waals surface area contributed by atoms with E-state index in [0.717, 1.165) is 16.3 Å². The van der Waals surface area contributed by atoms with Crippen molar-refractivity contribution in [1.82, 2.24) is 4.98 Å². The third kappa shape index (κ3) is 1.38. The van der Waals surface area contributed by atoms with Gasteiger partial charge in [-0.05, 0) is 11.5 Å². The van der Waals surface area contributed by atoms with Gasteiger partial charge in [0.05, 0.1) is 0 Å². The van der Waals surface area contributed by atoms with Gasteiger partial charge in [-0.15, -0.1) is 0 Å². The minimum Gasteiger partial charge on any atom is -0.389 e. The molecule has 2 nitrogen and oxygen atoms in total. The number of nitrogens with two attached hydrogens (primary N) is 1. The van der Waals surface area contributed by atoms with E-state index in [1.54, 1.807) is 12.4 Å². The fraction of sp³-hybridized carbons (Fsp3) is 0. The second kappa shape index (κ2) is 3.11. The lowest BCUT2D eigenvalue weighted by molar-refractivity contribution is 1.36. The number of nitrogens with zero attached hydrogens (tertiary/aromatic N) is 1. The molecule has 0 unspecified atom stereocenters. The highest BCUT2D eigenvalue weighted by atomic mass is 32.1. The molecule has 1 aromatic carbocycles. The maximum atomic E-state index is 5.59. The average molecular weight is 188 g/mol. The quantitative estimate of drug-likeness (QED) is 0.694. The Morgan fingerprint density at radius 2 is 2.15 bits per heavy atom. The van der Waals surface area contributed by atoms with Gasteiger partial charge in [-0.25, -0.2) is 0 Å². The molecule has 0 saturated heterocycles. The Morgan fingerprint density at radius 3 is 2.92 bits per heavy atom. The minimum absolute atomic E-state index is 0.428. The fourth-order valence-electron chi connectivity index (χ4n) is 1.34. The number of benzene rings is 1. The van der Waals surface area contributed by atoms with Crippen molar-refractivity contribution in [2.75, 3.05) is 0 Å². The topological polar surface area (TPSA) is 38.9 Å². The van der Waals surface area contributed by atoms with Crippen LogP contribution in [0.1, 0.15) is 5.56 Å². The van der Waals surface area contributed by atoms with Crippen molar-refractivity contribution in [2.24, 2.45) is 5.73 Å². The van der Waals surface area contributed by atoms with E-state index in [4.69, 9.17) is 18.0 Å². The predicted molar refractivity (Wildman–Crippen MR) is 57.6 cm³/mol. The summed E-state index contributed by atoms with van der Waals surface area (Å²) in [6, 6.07) is 7.76. The van der Waals surface area contributed by atoms with Crippen LogP contribution < -0.4 is 5.73 Å². The molecule has 0 fully saturated rings. The van der Waals surface area contributed by atoms with Gasteiger partial charge in [0, 0.05) is 23.3 Å². The number of pyridine rings is 1. The summed E-state index contributed by atoms with van der Waals surface area (Å²) < 4.78 is 0. The van der Waals surface area contributed by atoms with E-state index in [-0.39, 0.29) is 0 Å². The van der Waals surface area contributed by atoms with Gasteiger partial charge in [0.25, 0.3) is 0 Å². The zero-order chi connectivity index (χ0) is 9.26. The second-order valence-corrected chi connectivity index (χ2v) is 3.21. The maximum absolute atomic E-state index is 5.59. The number of hydrogen-bond acceptors (Lipinski definition) is 2. The highest BCUT2D eigenvalue weighted by molar-refractivity contribution is 7.80. The zero-order valence-corrected chi connectivity index (χ0v) is 7.71. The van der Waals surface area contributed by atoms with Crippen LogP contribution in [0.25, 0.3) is 10.8 Å². The molecule has 64 valence electrons. The first-order valence-electron chi connectivity index (χ1n) is 3.91. The molecule has 0 aliphatic carbocycles. The van der Waals surface area contributed by atoms with Crippen molar-refractivity contribution in [3.63, 3.8) is 0 Å². The van der Waals surface area contributed by atoms with Crippen molar-refractivity contribution in [1.29, 1.82) is 0 Å². The molecule has 2 N–H and O–H groups in total. The molecule has 2 rings (SSSR count). The summed E-state index contributed by atoms with van der Waals surface area (Å²) in [7, 11) is 0. The van der Waals surface area contributed by atoms with Crippen molar-refractivity contribution < 1.29 is 0 Å². The van der Waals surface area contributed by atoms with Crippen LogP contribution in [0.3, 0.4) is 0 Å². The molecular formula is C10H8N2S. The molecule has 13 heavy (non-hydrogen) atoms. The van der Waals surface area contributed by atoms with E-state index in [9.17, 15) is 0 Å². The SMILES string of the molecule is NC(=S)c1cccc2cnccc12. The van der Waals surface area contributed by atoms with E-state index < -0.39 is 0 Å². The number of thiocarbonyl (C=S) groups is 1. The summed E-state index contributed by atoms with van der Waals surface area (Å²) in [6.07, 6.45) is 3.54. The van der Waals surface area contributed by atoms with Crippen LogP contribution >= 0.6 is 12.2 Å². The molecule has 1 heterocycles. The molecule has 2 aromatic rings. The predicted octanol–water partition coefficient (Wildman–Crippen LogP) is 1.87. The van der Waals surface area contributed by atoms with Crippen LogP contribution in [0, 0.1) is 0 Å². The van der Waals surface area contributed by atoms with Crippen LogP contribution in [0.2, 0.25) is 0 Å². The first-order valence-corrected chi connectivity index (χ1v) is 4.32. The molecule has 0 atom stereocenters. The summed E-state index contributed by atoms with van der Waals surface area (Å²) in [6.45, 7) is 0. The fourth-order valence-corrected chi connectivity index (χ4v) is 1.52. The maximum Gasteiger partial charge on any atom is 0.104 e. The molecule has 0 saturated carbocycles. The Morgan fingerprint density at radius 1 is 1.31 bits per heavy atom. The lowest BCUT2D eigenvalue weighted by atomic mass is 10.1. The smallest absolute Gasteiger partial charge is 0.104 e. The van der Waals surface area contributed by atoms with Gasteiger partial charge in [0.1, 0.15) is 4.99 Å². The first kappa shape index (κ1) is 8.13. The van der Waals surface area contributed by atoms with Crippen LogP contribution in [0.4, 0.5) is 0 Å². The van der Waals surface area contributed by atoms with E-state index >= 15 is 0 Å². The van der Waals surface area contributed by atoms with Crippen LogP contribution in [-0.2, 0) is 0 Å². The third-order valence-electron chi connectivity index (χ3n) is 1.95. The van der Waals surface area contributed by atoms with Gasteiger partial charge in [0.2, 0.25) is 0 Å². The minimum atomic E-state index is 0.428. The molecular weight excluding hydrogens is 180 g/mol. The number of rotatable bonds is 1. The Labute approximate surface area is 81.4 Å². The van der Waals surface area contributed by atoms with Gasteiger partial charge >= 0.3 is 0 Å². The number of hydrogen-bond donors (Lipinski definition) is 1. The summed E-state index contributed by atoms with van der Waals surface area (Å²) in [5.41, 5.74) is 6.50. The largest absolute Gasteiger partial charge is 0.389 e. The Kier molecular flexibility index (Phi) is 1.94. The number of aromatic nitrogens is 1. The summed E-state index contributed by atoms with van der Waals surface area (Å²) >= 11 is 4.95. The van der Waals surface area contributed by atoms with Gasteiger partial charge < -0.3 is 5.73 Å². The molecule has 0 amide bonds. The zero-order valence-electron chi connectivity index (χ0n) is 6.90. The first-order chi connectivity index (χ1) is 6.29. The van der Waals surface area contributed by atoms with E-state index in [0.29, 0.717) is 4.99 Å². The lowest BCUT2D eigenvalue weighted by Gasteiger charge is -2.02. The molecule has 0 radical (unpaired) electrons. The molecule has 0 bridgehead atoms. The van der Waals surface area contributed by atoms with Crippen LogP contribution in [-0.4, -0.2) is 9.97 Å². The lowest BCUT2D eigenvalue weighted by Crippen LogP contribution is -2.09. The molecule has 0 aliphatic rings. The summed E-state index contributed by atoms with van der Waals surface area (Å²) in [4.78, 5) is 4.46. The average Bonchev–Trinajstić information content (AvgIpc) is 2.17. The molecule has 1 aromatic heterocycles. The Hall–Kier alpha value is -1.48. The Balaban J connectivity index is 2.83. The van der Waals surface area contributed by atoms with E-state index in [1.807, 2.05) is 24.3 Å². The van der Waals surface area contributed by atoms with E-state index in [2.05, 4.69) is 4.98 Å². The number of fused-ring (bicyclic) bond motifs is 1. The van der Waals surface area contributed by atoms with Crippen molar-refractivity contribution >= 4 is 28.0 Å². The van der Waals surface area contributed by atoms with Gasteiger partial charge in [-0.1, -0.05) is 30.4 Å². The summed E-state index contributed by atoms with van der Waals surface area (Å²) in [5, 5.41) is 2.12. The van der Waals surface area contributed by atoms with Crippen molar-refractivity contribution in [3.8, 4) is 0 Å². The monoisotopic (exact) mass is 188 g/mol. The van der Waals surface area contributed by atoms with Crippen LogP contribution in [0.5, 0.6) is 0 Å². The van der Waals surface area contributed by atoms with Crippen molar-refractivity contribution in [2.45, 2.75) is 0 Å². The summed E-state index contributed by atoms with van der Waals surface area (Å²) in [5.74, 6) is 0. The highest BCUT2D eigenvalue weighted by Crippen LogP contribution is 2.16. The third-order valence-corrected chi connectivity index (χ3v) is 2.17. The van der Waals surface area contributed by atoms with Gasteiger partial charge in [-0.3, -0.25) is 4.98 Å². The van der Waals surface area contributed by atoms with Crippen LogP contribution in [0.15, 0.2) is 36.7 Å². The second-order valence-electron chi connectivity index (χ2n) is 2.77. The molecule has 0 aliphatic heterocycles. The van der Waals surface area contributed by atoms with Crippen molar-refractivity contribution in [3.05, 3.63) is 42.2 Å². The highest BCUT2D eigenvalue weighted by Gasteiger charge is 2.01. The normalized spacial score (nSPS) is 10.2.